The molecule has 3 heteroatoms. The molecule has 0 saturated heterocycles. The molecule has 1 aliphatic rings. The highest BCUT2D eigenvalue weighted by Gasteiger charge is 2.18. The maximum Gasteiger partial charge on any atom is 0.224 e. The SMILES string of the molecule is O=C(CC1CCCC1)Nc1cccc(OCCc2ccccc2)c1. The summed E-state index contributed by atoms with van der Waals surface area (Å²) in [6.07, 6.45) is 6.43. The Morgan fingerprint density at radius 1 is 1.04 bits per heavy atom. The number of amides is 1. The van der Waals surface area contributed by atoms with Crippen LogP contribution in [0.3, 0.4) is 0 Å². The molecule has 2 aromatic carbocycles. The van der Waals surface area contributed by atoms with Crippen molar-refractivity contribution in [1.82, 2.24) is 0 Å². The molecule has 1 aliphatic carbocycles. The molecule has 0 atom stereocenters. The van der Waals surface area contributed by atoms with E-state index < -0.39 is 0 Å². The lowest BCUT2D eigenvalue weighted by Crippen LogP contribution is -2.15. The van der Waals surface area contributed by atoms with E-state index in [9.17, 15) is 4.79 Å². The lowest BCUT2D eigenvalue weighted by molar-refractivity contribution is -0.117. The van der Waals surface area contributed by atoms with Crippen molar-refractivity contribution < 1.29 is 9.53 Å². The Morgan fingerprint density at radius 2 is 1.83 bits per heavy atom. The molecule has 1 N–H and O–H groups in total. The van der Waals surface area contributed by atoms with Crippen molar-refractivity contribution in [2.75, 3.05) is 11.9 Å². The van der Waals surface area contributed by atoms with Crippen molar-refractivity contribution in [3.05, 3.63) is 60.2 Å². The Morgan fingerprint density at radius 3 is 2.62 bits per heavy atom. The Balaban J connectivity index is 1.47. The van der Waals surface area contributed by atoms with Crippen LogP contribution in [0.5, 0.6) is 5.75 Å². The molecule has 3 nitrogen and oxygen atoms in total. The third-order valence-corrected chi connectivity index (χ3v) is 4.57. The van der Waals surface area contributed by atoms with E-state index >= 15 is 0 Å². The first-order valence-electron chi connectivity index (χ1n) is 8.86. The van der Waals surface area contributed by atoms with E-state index in [1.54, 1.807) is 0 Å². The van der Waals surface area contributed by atoms with E-state index in [0.717, 1.165) is 17.9 Å². The van der Waals surface area contributed by atoms with Crippen LogP contribution >= 0.6 is 0 Å². The summed E-state index contributed by atoms with van der Waals surface area (Å²) in [4.78, 5) is 12.1. The first-order valence-corrected chi connectivity index (χ1v) is 8.86. The average molecular weight is 323 g/mol. The van der Waals surface area contributed by atoms with E-state index in [-0.39, 0.29) is 5.91 Å². The van der Waals surface area contributed by atoms with Gasteiger partial charge in [0.05, 0.1) is 6.61 Å². The number of benzene rings is 2. The van der Waals surface area contributed by atoms with Crippen LogP contribution in [0.25, 0.3) is 0 Å². The minimum absolute atomic E-state index is 0.114. The summed E-state index contributed by atoms with van der Waals surface area (Å²) in [5, 5.41) is 3.00. The lowest BCUT2D eigenvalue weighted by atomic mass is 10.0. The van der Waals surface area contributed by atoms with Crippen LogP contribution in [-0.2, 0) is 11.2 Å². The van der Waals surface area contributed by atoms with E-state index in [1.165, 1.54) is 31.2 Å². The molecule has 2 aromatic rings. The van der Waals surface area contributed by atoms with Gasteiger partial charge in [-0.1, -0.05) is 49.2 Å². The zero-order valence-electron chi connectivity index (χ0n) is 14.0. The van der Waals surface area contributed by atoms with Gasteiger partial charge in [-0.15, -0.1) is 0 Å². The third kappa shape index (κ3) is 5.12. The van der Waals surface area contributed by atoms with Gasteiger partial charge in [0.15, 0.2) is 0 Å². The largest absolute Gasteiger partial charge is 0.493 e. The van der Waals surface area contributed by atoms with Gasteiger partial charge in [0.25, 0.3) is 0 Å². The molecule has 0 spiro atoms. The first-order chi connectivity index (χ1) is 11.8. The van der Waals surface area contributed by atoms with Gasteiger partial charge in [0.1, 0.15) is 5.75 Å². The number of hydrogen-bond donors (Lipinski definition) is 1. The fourth-order valence-corrected chi connectivity index (χ4v) is 3.28. The molecule has 0 aliphatic heterocycles. The molecule has 0 aromatic heterocycles. The normalized spacial score (nSPS) is 14.5. The van der Waals surface area contributed by atoms with Crippen LogP contribution in [-0.4, -0.2) is 12.5 Å². The molecular formula is C21H25NO2. The number of carbonyl (C=O) groups is 1. The molecule has 24 heavy (non-hydrogen) atoms. The predicted octanol–water partition coefficient (Wildman–Crippen LogP) is 4.83. The van der Waals surface area contributed by atoms with Gasteiger partial charge in [-0.05, 0) is 36.5 Å². The lowest BCUT2D eigenvalue weighted by Gasteiger charge is -2.11. The van der Waals surface area contributed by atoms with Gasteiger partial charge < -0.3 is 10.1 Å². The van der Waals surface area contributed by atoms with Crippen molar-refractivity contribution in [3.8, 4) is 5.75 Å². The highest BCUT2D eigenvalue weighted by Crippen LogP contribution is 2.28. The first kappa shape index (κ1) is 16.6. The monoisotopic (exact) mass is 323 g/mol. The third-order valence-electron chi connectivity index (χ3n) is 4.57. The maximum atomic E-state index is 12.1. The maximum absolute atomic E-state index is 12.1. The van der Waals surface area contributed by atoms with Crippen molar-refractivity contribution in [2.24, 2.45) is 5.92 Å². The number of rotatable bonds is 7. The van der Waals surface area contributed by atoms with E-state index in [1.807, 2.05) is 42.5 Å². The molecule has 3 rings (SSSR count). The Bertz CT molecular complexity index is 648. The zero-order chi connectivity index (χ0) is 16.6. The van der Waals surface area contributed by atoms with Gasteiger partial charge in [0.2, 0.25) is 5.91 Å². The molecule has 1 saturated carbocycles. The van der Waals surface area contributed by atoms with Crippen LogP contribution in [0.4, 0.5) is 5.69 Å². The van der Waals surface area contributed by atoms with Crippen molar-refractivity contribution in [1.29, 1.82) is 0 Å². The summed E-state index contributed by atoms with van der Waals surface area (Å²) >= 11 is 0. The van der Waals surface area contributed by atoms with Crippen LogP contribution in [0, 0.1) is 5.92 Å². The quantitative estimate of drug-likeness (QED) is 0.793. The number of nitrogens with one attached hydrogen (secondary N) is 1. The van der Waals surface area contributed by atoms with E-state index in [2.05, 4.69) is 17.4 Å². The van der Waals surface area contributed by atoms with Gasteiger partial charge >= 0.3 is 0 Å². The fraction of sp³-hybridized carbons (Fsp3) is 0.381. The second-order valence-corrected chi connectivity index (χ2v) is 6.51. The molecular weight excluding hydrogens is 298 g/mol. The Hall–Kier alpha value is -2.29. The highest BCUT2D eigenvalue weighted by molar-refractivity contribution is 5.91. The van der Waals surface area contributed by atoms with E-state index in [0.29, 0.717) is 18.9 Å². The van der Waals surface area contributed by atoms with Crippen LogP contribution in [0.2, 0.25) is 0 Å². The van der Waals surface area contributed by atoms with Crippen LogP contribution in [0.1, 0.15) is 37.7 Å². The predicted molar refractivity (Wildman–Crippen MR) is 97.3 cm³/mol. The number of hydrogen-bond acceptors (Lipinski definition) is 2. The van der Waals surface area contributed by atoms with E-state index in [4.69, 9.17) is 4.74 Å². The standard InChI is InChI=1S/C21H25NO2/c23-21(15-18-9-4-5-10-18)22-19-11-6-12-20(16-19)24-14-13-17-7-2-1-3-8-17/h1-3,6-8,11-12,16,18H,4-5,9-10,13-15H2,(H,22,23). The second-order valence-electron chi connectivity index (χ2n) is 6.51. The topological polar surface area (TPSA) is 38.3 Å². The van der Waals surface area contributed by atoms with Gasteiger partial charge in [0, 0.05) is 24.6 Å². The summed E-state index contributed by atoms with van der Waals surface area (Å²) in [5.74, 6) is 1.48. The van der Waals surface area contributed by atoms with Crippen molar-refractivity contribution in [2.45, 2.75) is 38.5 Å². The van der Waals surface area contributed by atoms with Gasteiger partial charge in [-0.2, -0.15) is 0 Å². The minimum atomic E-state index is 0.114. The smallest absolute Gasteiger partial charge is 0.224 e. The van der Waals surface area contributed by atoms with Crippen LogP contribution < -0.4 is 10.1 Å². The Labute approximate surface area is 144 Å². The fourth-order valence-electron chi connectivity index (χ4n) is 3.28. The number of carbonyl (C=O) groups excluding carboxylic acids is 1. The van der Waals surface area contributed by atoms with Crippen molar-refractivity contribution >= 4 is 11.6 Å². The molecule has 126 valence electrons. The number of ether oxygens (including phenoxy) is 1. The summed E-state index contributed by atoms with van der Waals surface area (Å²) in [7, 11) is 0. The molecule has 1 amide bonds. The summed E-state index contributed by atoms with van der Waals surface area (Å²) in [6.45, 7) is 0.628. The van der Waals surface area contributed by atoms with Crippen molar-refractivity contribution in [3.63, 3.8) is 0 Å². The molecule has 0 bridgehead atoms. The number of anilines is 1. The molecule has 0 unspecified atom stereocenters. The minimum Gasteiger partial charge on any atom is -0.493 e. The summed E-state index contributed by atoms with van der Waals surface area (Å²) in [5.41, 5.74) is 2.08. The Kier molecular flexibility index (Phi) is 5.89. The molecule has 0 heterocycles. The summed E-state index contributed by atoms with van der Waals surface area (Å²) < 4.78 is 5.81. The van der Waals surface area contributed by atoms with Crippen LogP contribution in [0.15, 0.2) is 54.6 Å². The molecule has 1 fully saturated rings. The highest BCUT2D eigenvalue weighted by atomic mass is 16.5. The van der Waals surface area contributed by atoms with Gasteiger partial charge in [-0.3, -0.25) is 4.79 Å². The second kappa shape index (κ2) is 8.53. The zero-order valence-corrected chi connectivity index (χ0v) is 14.0. The van der Waals surface area contributed by atoms with Gasteiger partial charge in [-0.25, -0.2) is 0 Å². The average Bonchev–Trinajstić information content (AvgIpc) is 3.09. The summed E-state index contributed by atoms with van der Waals surface area (Å²) in [6, 6.07) is 18.0. The molecule has 0 radical (unpaired) electrons.